The zero-order valence-corrected chi connectivity index (χ0v) is 11.0. The second-order valence-electron chi connectivity index (χ2n) is 5.31. The summed E-state index contributed by atoms with van der Waals surface area (Å²) in [7, 11) is 0. The average molecular weight is 253 g/mol. The molecule has 1 fully saturated rings. The molecule has 0 aromatic heterocycles. The molecule has 1 aliphatic rings. The van der Waals surface area contributed by atoms with Crippen molar-refractivity contribution in [1.29, 1.82) is 0 Å². The largest absolute Gasteiger partial charge is 0.314 e. The van der Waals surface area contributed by atoms with E-state index in [-0.39, 0.29) is 0 Å². The lowest BCUT2D eigenvalue weighted by Crippen LogP contribution is -2.37. The molecule has 1 nitrogen and oxygen atoms in total. The van der Waals surface area contributed by atoms with Crippen LogP contribution in [0.5, 0.6) is 0 Å². The van der Waals surface area contributed by atoms with E-state index in [9.17, 15) is 8.78 Å². The summed E-state index contributed by atoms with van der Waals surface area (Å²) in [4.78, 5) is 0. The summed E-state index contributed by atoms with van der Waals surface area (Å²) in [6.45, 7) is 5.24. The van der Waals surface area contributed by atoms with Crippen LogP contribution in [0.1, 0.15) is 32.3 Å². The number of hydrogen-bond donors (Lipinski definition) is 1. The Kier molecular flexibility index (Phi) is 4.33. The van der Waals surface area contributed by atoms with Crippen LogP contribution in [0.2, 0.25) is 0 Å². The van der Waals surface area contributed by atoms with Gasteiger partial charge in [-0.15, -0.1) is 0 Å². The number of hydrogen-bond acceptors (Lipinski definition) is 1. The summed E-state index contributed by atoms with van der Waals surface area (Å²) in [6, 6.07) is 4.57. The van der Waals surface area contributed by atoms with Gasteiger partial charge in [0.15, 0.2) is 11.6 Å². The molecular formula is C15H21F2N. The fraction of sp³-hybridized carbons (Fsp3) is 0.600. The molecule has 100 valence electrons. The lowest BCUT2D eigenvalue weighted by Gasteiger charge is -2.25. The Morgan fingerprint density at radius 2 is 2.00 bits per heavy atom. The first kappa shape index (κ1) is 13.5. The summed E-state index contributed by atoms with van der Waals surface area (Å²) < 4.78 is 26.1. The molecule has 0 amide bonds. The molecule has 2 unspecified atom stereocenters. The van der Waals surface area contributed by atoms with Gasteiger partial charge in [0.05, 0.1) is 0 Å². The third-order valence-corrected chi connectivity index (χ3v) is 3.91. The lowest BCUT2D eigenvalue weighted by molar-refractivity contribution is 0.344. The molecule has 2 atom stereocenters. The van der Waals surface area contributed by atoms with Crippen molar-refractivity contribution in [1.82, 2.24) is 5.32 Å². The van der Waals surface area contributed by atoms with E-state index in [0.717, 1.165) is 24.4 Å². The van der Waals surface area contributed by atoms with Crippen LogP contribution in [-0.2, 0) is 6.42 Å². The van der Waals surface area contributed by atoms with Crippen molar-refractivity contribution < 1.29 is 8.78 Å². The summed E-state index contributed by atoms with van der Waals surface area (Å²) in [5.74, 6) is -0.117. The molecule has 0 aliphatic heterocycles. The van der Waals surface area contributed by atoms with Crippen molar-refractivity contribution in [3.05, 3.63) is 35.4 Å². The number of rotatable bonds is 6. The minimum Gasteiger partial charge on any atom is -0.314 e. The van der Waals surface area contributed by atoms with Crippen LogP contribution in [-0.4, -0.2) is 12.6 Å². The normalized spacial score (nSPS) is 18.7. The highest BCUT2D eigenvalue weighted by atomic mass is 19.2. The van der Waals surface area contributed by atoms with Crippen LogP contribution >= 0.6 is 0 Å². The van der Waals surface area contributed by atoms with Crippen molar-refractivity contribution >= 4 is 0 Å². The number of halogens is 2. The second kappa shape index (κ2) is 5.79. The van der Waals surface area contributed by atoms with Crippen LogP contribution in [0.3, 0.4) is 0 Å². The van der Waals surface area contributed by atoms with Crippen molar-refractivity contribution in [3.63, 3.8) is 0 Å². The highest BCUT2D eigenvalue weighted by molar-refractivity contribution is 5.19. The van der Waals surface area contributed by atoms with Gasteiger partial charge in [0, 0.05) is 6.04 Å². The Morgan fingerprint density at radius 1 is 1.28 bits per heavy atom. The Labute approximate surface area is 108 Å². The number of nitrogens with one attached hydrogen (secondary N) is 1. The van der Waals surface area contributed by atoms with E-state index in [2.05, 4.69) is 19.2 Å². The summed E-state index contributed by atoms with van der Waals surface area (Å²) in [5.41, 5.74) is 0.868. The predicted molar refractivity (Wildman–Crippen MR) is 69.4 cm³/mol. The number of benzene rings is 1. The lowest BCUT2D eigenvalue weighted by atomic mass is 9.91. The van der Waals surface area contributed by atoms with Gasteiger partial charge in [-0.25, -0.2) is 8.78 Å². The zero-order valence-electron chi connectivity index (χ0n) is 11.0. The molecule has 0 radical (unpaired) electrons. The fourth-order valence-corrected chi connectivity index (χ4v) is 2.58. The van der Waals surface area contributed by atoms with E-state index in [0.29, 0.717) is 12.0 Å². The Balaban J connectivity index is 2.04. The summed E-state index contributed by atoms with van der Waals surface area (Å²) in [6.07, 6.45) is 3.38. The van der Waals surface area contributed by atoms with E-state index in [4.69, 9.17) is 0 Å². The maximum Gasteiger partial charge on any atom is 0.159 e. The van der Waals surface area contributed by atoms with E-state index in [1.165, 1.54) is 25.0 Å². The summed E-state index contributed by atoms with van der Waals surface area (Å²) in [5, 5.41) is 3.47. The maximum atomic E-state index is 13.2. The number of likely N-dealkylation sites (N-methyl/N-ethyl adjacent to an activating group) is 1. The third kappa shape index (κ3) is 3.29. The molecule has 1 N–H and O–H groups in total. The minimum absolute atomic E-state index is 0.354. The van der Waals surface area contributed by atoms with Gasteiger partial charge in [0.1, 0.15) is 0 Å². The highest BCUT2D eigenvalue weighted by Crippen LogP contribution is 2.38. The van der Waals surface area contributed by atoms with Crippen LogP contribution in [0.4, 0.5) is 8.78 Å². The van der Waals surface area contributed by atoms with E-state index in [1.807, 2.05) is 0 Å². The van der Waals surface area contributed by atoms with Crippen LogP contribution in [0.25, 0.3) is 0 Å². The Bertz CT molecular complexity index is 401. The van der Waals surface area contributed by atoms with Crippen molar-refractivity contribution in [3.8, 4) is 0 Å². The van der Waals surface area contributed by atoms with Crippen molar-refractivity contribution in [2.24, 2.45) is 11.8 Å². The highest BCUT2D eigenvalue weighted by Gasteiger charge is 2.32. The van der Waals surface area contributed by atoms with Gasteiger partial charge < -0.3 is 5.32 Å². The van der Waals surface area contributed by atoms with Gasteiger partial charge in [0.2, 0.25) is 0 Å². The molecule has 1 aromatic rings. The van der Waals surface area contributed by atoms with Gasteiger partial charge in [-0.2, -0.15) is 0 Å². The maximum absolute atomic E-state index is 13.2. The second-order valence-corrected chi connectivity index (χ2v) is 5.31. The zero-order chi connectivity index (χ0) is 13.1. The van der Waals surface area contributed by atoms with Crippen LogP contribution in [0.15, 0.2) is 18.2 Å². The van der Waals surface area contributed by atoms with E-state index >= 15 is 0 Å². The molecule has 1 saturated carbocycles. The van der Waals surface area contributed by atoms with Gasteiger partial charge in [-0.1, -0.05) is 19.9 Å². The molecule has 0 bridgehead atoms. The smallest absolute Gasteiger partial charge is 0.159 e. The van der Waals surface area contributed by atoms with Gasteiger partial charge in [-0.05, 0) is 55.3 Å². The molecule has 1 aromatic carbocycles. The first-order valence-electron chi connectivity index (χ1n) is 6.79. The molecule has 0 spiro atoms. The first-order chi connectivity index (χ1) is 8.61. The SMILES string of the molecule is CCNC(Cc1ccc(F)c(F)c1)C(C)C1CC1. The third-order valence-electron chi connectivity index (χ3n) is 3.91. The topological polar surface area (TPSA) is 12.0 Å². The Hall–Kier alpha value is -0.960. The van der Waals surface area contributed by atoms with Crippen molar-refractivity contribution in [2.45, 2.75) is 39.2 Å². The Morgan fingerprint density at radius 3 is 2.56 bits per heavy atom. The van der Waals surface area contributed by atoms with E-state index in [1.54, 1.807) is 6.07 Å². The standard InChI is InChI=1S/C15H21F2N/c1-3-18-15(10(2)12-5-6-12)9-11-4-7-13(16)14(17)8-11/h4,7-8,10,12,15,18H,3,5-6,9H2,1-2H3. The molecule has 3 heteroatoms. The molecule has 0 saturated heterocycles. The molecule has 1 aliphatic carbocycles. The average Bonchev–Trinajstić information content (AvgIpc) is 3.16. The summed E-state index contributed by atoms with van der Waals surface area (Å²) >= 11 is 0. The van der Waals surface area contributed by atoms with Crippen LogP contribution < -0.4 is 5.32 Å². The predicted octanol–water partition coefficient (Wildman–Crippen LogP) is 3.53. The minimum atomic E-state index is -0.769. The monoisotopic (exact) mass is 253 g/mol. The first-order valence-corrected chi connectivity index (χ1v) is 6.79. The molecule has 0 heterocycles. The van der Waals surface area contributed by atoms with Gasteiger partial charge >= 0.3 is 0 Å². The van der Waals surface area contributed by atoms with Crippen LogP contribution in [0, 0.1) is 23.5 Å². The molecule has 18 heavy (non-hydrogen) atoms. The van der Waals surface area contributed by atoms with Crippen molar-refractivity contribution in [2.75, 3.05) is 6.54 Å². The van der Waals surface area contributed by atoms with Gasteiger partial charge in [-0.3, -0.25) is 0 Å². The quantitative estimate of drug-likeness (QED) is 0.817. The molecular weight excluding hydrogens is 232 g/mol. The molecule has 2 rings (SSSR count). The van der Waals surface area contributed by atoms with Gasteiger partial charge in [0.25, 0.3) is 0 Å². The van der Waals surface area contributed by atoms with E-state index < -0.39 is 11.6 Å². The fourth-order valence-electron chi connectivity index (χ4n) is 2.58.